The van der Waals surface area contributed by atoms with Crippen molar-refractivity contribution < 1.29 is 9.53 Å². The number of hydrogen-bond donors (Lipinski definition) is 1. The van der Waals surface area contributed by atoms with Gasteiger partial charge < -0.3 is 15.4 Å². The highest BCUT2D eigenvalue weighted by Gasteiger charge is 2.08. The van der Waals surface area contributed by atoms with Gasteiger partial charge in [0.25, 0.3) is 0 Å². The molecule has 0 saturated carbocycles. The maximum atomic E-state index is 10.9. The van der Waals surface area contributed by atoms with Crippen molar-refractivity contribution in [1.82, 2.24) is 9.97 Å². The van der Waals surface area contributed by atoms with Gasteiger partial charge in [0.05, 0.1) is 19.5 Å². The molecule has 76 valence electrons. The van der Waals surface area contributed by atoms with Gasteiger partial charge in [-0.2, -0.15) is 0 Å². The van der Waals surface area contributed by atoms with Crippen LogP contribution in [0.1, 0.15) is 0 Å². The number of nitrogen functional groups attached to an aromatic ring is 1. The third kappa shape index (κ3) is 2.58. The third-order valence-electron chi connectivity index (χ3n) is 1.64. The van der Waals surface area contributed by atoms with Crippen molar-refractivity contribution in [2.45, 2.75) is 0 Å². The molecule has 0 aliphatic rings. The Morgan fingerprint density at radius 3 is 2.79 bits per heavy atom. The Morgan fingerprint density at radius 2 is 2.29 bits per heavy atom. The monoisotopic (exact) mass is 196 g/mol. The quantitative estimate of drug-likeness (QED) is 0.666. The normalized spacial score (nSPS) is 9.57. The second-order valence-electron chi connectivity index (χ2n) is 2.73. The number of carbonyl (C=O) groups is 1. The molecule has 2 N–H and O–H groups in total. The average Bonchev–Trinajstić information content (AvgIpc) is 2.18. The first-order valence-electron chi connectivity index (χ1n) is 3.99. The third-order valence-corrected chi connectivity index (χ3v) is 1.64. The molecular weight excluding hydrogens is 184 g/mol. The van der Waals surface area contributed by atoms with Crippen LogP contribution in [0.2, 0.25) is 0 Å². The number of esters is 1. The summed E-state index contributed by atoms with van der Waals surface area (Å²) in [6.45, 7) is 0.134. The molecule has 1 aromatic rings. The van der Waals surface area contributed by atoms with E-state index in [9.17, 15) is 4.79 Å². The minimum Gasteiger partial charge on any atom is -0.468 e. The molecule has 0 fully saturated rings. The molecule has 0 aliphatic carbocycles. The first-order valence-corrected chi connectivity index (χ1v) is 3.99. The molecule has 0 aliphatic heterocycles. The summed E-state index contributed by atoms with van der Waals surface area (Å²) < 4.78 is 4.51. The van der Waals surface area contributed by atoms with E-state index in [1.807, 2.05) is 0 Å². The van der Waals surface area contributed by atoms with Crippen molar-refractivity contribution in [3.63, 3.8) is 0 Å². The molecule has 6 heteroatoms. The van der Waals surface area contributed by atoms with Crippen LogP contribution in [0, 0.1) is 0 Å². The molecule has 1 rings (SSSR count). The van der Waals surface area contributed by atoms with Gasteiger partial charge in [-0.25, -0.2) is 9.97 Å². The van der Waals surface area contributed by atoms with Gasteiger partial charge in [-0.1, -0.05) is 0 Å². The van der Waals surface area contributed by atoms with Gasteiger partial charge in [0, 0.05) is 7.05 Å². The second-order valence-corrected chi connectivity index (χ2v) is 2.73. The van der Waals surface area contributed by atoms with Crippen molar-refractivity contribution in [3.8, 4) is 0 Å². The zero-order chi connectivity index (χ0) is 10.6. The van der Waals surface area contributed by atoms with Crippen molar-refractivity contribution in [2.24, 2.45) is 0 Å². The summed E-state index contributed by atoms with van der Waals surface area (Å²) in [4.78, 5) is 20.4. The number of rotatable bonds is 3. The summed E-state index contributed by atoms with van der Waals surface area (Å²) >= 11 is 0. The van der Waals surface area contributed by atoms with Crippen LogP contribution in [0.3, 0.4) is 0 Å². The van der Waals surface area contributed by atoms with E-state index in [2.05, 4.69) is 14.7 Å². The molecule has 1 aromatic heterocycles. The lowest BCUT2D eigenvalue weighted by Gasteiger charge is -2.15. The van der Waals surface area contributed by atoms with Crippen molar-refractivity contribution in [1.29, 1.82) is 0 Å². The number of carbonyl (C=O) groups excluding carboxylic acids is 1. The molecule has 1 heterocycles. The molecule has 0 spiro atoms. The Bertz CT molecular complexity index is 312. The highest BCUT2D eigenvalue weighted by atomic mass is 16.5. The molecule has 0 bridgehead atoms. The Labute approximate surface area is 81.7 Å². The average molecular weight is 196 g/mol. The number of likely N-dealkylation sites (N-methyl/N-ethyl adjacent to an activating group) is 1. The van der Waals surface area contributed by atoms with Gasteiger partial charge in [-0.15, -0.1) is 0 Å². The van der Waals surface area contributed by atoms with E-state index in [1.54, 1.807) is 11.9 Å². The van der Waals surface area contributed by atoms with E-state index in [1.165, 1.54) is 19.5 Å². The van der Waals surface area contributed by atoms with E-state index in [-0.39, 0.29) is 12.5 Å². The Hall–Kier alpha value is -1.85. The van der Waals surface area contributed by atoms with E-state index in [0.717, 1.165) is 0 Å². The maximum Gasteiger partial charge on any atom is 0.325 e. The fourth-order valence-corrected chi connectivity index (χ4v) is 0.868. The predicted octanol–water partition coefficient (Wildman–Crippen LogP) is -0.332. The van der Waals surface area contributed by atoms with Crippen molar-refractivity contribution in [2.75, 3.05) is 31.3 Å². The van der Waals surface area contributed by atoms with Crippen molar-refractivity contribution >= 4 is 17.6 Å². The molecule has 0 saturated heterocycles. The van der Waals surface area contributed by atoms with Crippen LogP contribution in [-0.2, 0) is 9.53 Å². The predicted molar refractivity (Wildman–Crippen MR) is 51.7 cm³/mol. The van der Waals surface area contributed by atoms with Crippen LogP contribution >= 0.6 is 0 Å². The summed E-state index contributed by atoms with van der Waals surface area (Å²) in [5.74, 6) is 0.593. The lowest BCUT2D eigenvalue weighted by atomic mass is 10.5. The SMILES string of the molecule is COC(=O)CN(C)c1cnc(N)cn1. The molecule has 6 nitrogen and oxygen atoms in total. The summed E-state index contributed by atoms with van der Waals surface area (Å²) in [5.41, 5.74) is 5.37. The van der Waals surface area contributed by atoms with Crippen LogP contribution < -0.4 is 10.6 Å². The molecule has 0 radical (unpaired) electrons. The van der Waals surface area contributed by atoms with Crippen LogP contribution in [-0.4, -0.2) is 36.6 Å². The van der Waals surface area contributed by atoms with Gasteiger partial charge in [0.2, 0.25) is 0 Å². The van der Waals surface area contributed by atoms with Crippen LogP contribution in [0.15, 0.2) is 12.4 Å². The topological polar surface area (TPSA) is 81.3 Å². The Morgan fingerprint density at radius 1 is 1.57 bits per heavy atom. The van der Waals surface area contributed by atoms with Crippen LogP contribution in [0.5, 0.6) is 0 Å². The first-order chi connectivity index (χ1) is 6.63. The summed E-state index contributed by atoms with van der Waals surface area (Å²) in [6, 6.07) is 0. The number of methoxy groups -OCH3 is 1. The largest absolute Gasteiger partial charge is 0.468 e. The second kappa shape index (κ2) is 4.40. The highest BCUT2D eigenvalue weighted by molar-refractivity contribution is 5.74. The number of hydrogen-bond acceptors (Lipinski definition) is 6. The number of aromatic nitrogens is 2. The van der Waals surface area contributed by atoms with E-state index >= 15 is 0 Å². The lowest BCUT2D eigenvalue weighted by Crippen LogP contribution is -2.27. The minimum atomic E-state index is -0.328. The Balaban J connectivity index is 2.65. The summed E-state index contributed by atoms with van der Waals surface area (Å²) in [6.07, 6.45) is 2.93. The van der Waals surface area contributed by atoms with Gasteiger partial charge >= 0.3 is 5.97 Å². The van der Waals surface area contributed by atoms with Gasteiger partial charge in [-0.3, -0.25) is 4.79 Å². The molecule has 14 heavy (non-hydrogen) atoms. The summed E-state index contributed by atoms with van der Waals surface area (Å²) in [5, 5.41) is 0. The number of nitrogens with two attached hydrogens (primary N) is 1. The first kappa shape index (κ1) is 10.2. The maximum absolute atomic E-state index is 10.9. The van der Waals surface area contributed by atoms with E-state index in [0.29, 0.717) is 11.6 Å². The lowest BCUT2D eigenvalue weighted by molar-refractivity contribution is -0.138. The van der Waals surface area contributed by atoms with E-state index < -0.39 is 0 Å². The molecule has 0 atom stereocenters. The van der Waals surface area contributed by atoms with Crippen molar-refractivity contribution in [3.05, 3.63) is 12.4 Å². The van der Waals surface area contributed by atoms with Crippen LogP contribution in [0.4, 0.5) is 11.6 Å². The Kier molecular flexibility index (Phi) is 3.22. The minimum absolute atomic E-state index is 0.134. The number of anilines is 2. The summed E-state index contributed by atoms with van der Waals surface area (Å²) in [7, 11) is 3.06. The molecule has 0 unspecified atom stereocenters. The molecule has 0 amide bonds. The molecular formula is C8H12N4O2. The highest BCUT2D eigenvalue weighted by Crippen LogP contribution is 2.06. The zero-order valence-corrected chi connectivity index (χ0v) is 8.10. The standard InChI is InChI=1S/C8H12N4O2/c1-12(5-8(13)14-2)7-4-10-6(9)3-11-7/h3-4H,5H2,1-2H3,(H2,9,10). The van der Waals surface area contributed by atoms with Crippen LogP contribution in [0.25, 0.3) is 0 Å². The fraction of sp³-hybridized carbons (Fsp3) is 0.375. The number of ether oxygens (including phenoxy) is 1. The van der Waals surface area contributed by atoms with Gasteiger partial charge in [-0.05, 0) is 0 Å². The smallest absolute Gasteiger partial charge is 0.325 e. The van der Waals surface area contributed by atoms with Gasteiger partial charge in [0.1, 0.15) is 18.2 Å². The van der Waals surface area contributed by atoms with Gasteiger partial charge in [0.15, 0.2) is 0 Å². The van der Waals surface area contributed by atoms with E-state index in [4.69, 9.17) is 5.73 Å². The number of nitrogens with zero attached hydrogens (tertiary/aromatic N) is 3. The zero-order valence-electron chi connectivity index (χ0n) is 8.10. The molecule has 0 aromatic carbocycles. The fourth-order valence-electron chi connectivity index (χ4n) is 0.868.